The highest BCUT2D eigenvalue weighted by Crippen LogP contribution is 2.58. The summed E-state index contributed by atoms with van der Waals surface area (Å²) in [6, 6.07) is 49.4. The van der Waals surface area contributed by atoms with Crippen molar-refractivity contribution in [1.29, 1.82) is 0 Å². The van der Waals surface area contributed by atoms with E-state index in [1.807, 2.05) is 0 Å². The topological polar surface area (TPSA) is 9.23 Å². The molecule has 6 aromatic rings. The van der Waals surface area contributed by atoms with E-state index in [0.29, 0.717) is 5.92 Å². The van der Waals surface area contributed by atoms with Crippen LogP contribution in [0.2, 0.25) is 0 Å². The highest BCUT2D eigenvalue weighted by molar-refractivity contribution is 6.04. The van der Waals surface area contributed by atoms with Crippen LogP contribution in [0.4, 0.5) is 0 Å². The van der Waals surface area contributed by atoms with Crippen molar-refractivity contribution in [3.8, 4) is 28.0 Å². The Morgan fingerprint density at radius 1 is 0.543 bits per heavy atom. The van der Waals surface area contributed by atoms with Gasteiger partial charge in [-0.05, 0) is 79.1 Å². The Morgan fingerprint density at radius 3 is 2.26 bits per heavy atom. The van der Waals surface area contributed by atoms with Gasteiger partial charge in [0.2, 0.25) is 0 Å². The number of allylic oxidation sites excluding steroid dienone is 7. The SMILES string of the molecule is C1=C[C@@H]2C=CC=C3c4ccc(-c5cccc(C6(c7ccccc7)c7ccccc7-c7c6ccc6ccccc76)c5)cc4OC(=C1)C32. The van der Waals surface area contributed by atoms with E-state index in [1.165, 1.54) is 60.9 Å². The lowest BCUT2D eigenvalue weighted by Gasteiger charge is -2.36. The fraction of sp³-hybridized carbons (Fsp3) is 0.0667. The normalized spacial score (nSPS) is 21.4. The zero-order chi connectivity index (χ0) is 30.2. The molecule has 3 aliphatic carbocycles. The molecule has 10 rings (SSSR count). The average molecular weight is 587 g/mol. The summed E-state index contributed by atoms with van der Waals surface area (Å²) < 4.78 is 6.62. The first-order valence-corrected chi connectivity index (χ1v) is 16.2. The van der Waals surface area contributed by atoms with Gasteiger partial charge in [0.25, 0.3) is 0 Å². The Hall–Kier alpha value is -5.66. The number of fused-ring (bicyclic) bond motifs is 7. The molecule has 6 aromatic carbocycles. The minimum absolute atomic E-state index is 0.265. The number of benzene rings is 6. The molecular formula is C45H30O. The van der Waals surface area contributed by atoms with Gasteiger partial charge in [-0.15, -0.1) is 0 Å². The van der Waals surface area contributed by atoms with Crippen LogP contribution in [0.15, 0.2) is 176 Å². The molecule has 216 valence electrons. The minimum atomic E-state index is -0.460. The predicted octanol–water partition coefficient (Wildman–Crippen LogP) is 10.9. The van der Waals surface area contributed by atoms with Crippen molar-refractivity contribution in [3.63, 3.8) is 0 Å². The third-order valence-corrected chi connectivity index (χ3v) is 10.5. The molecule has 0 aromatic heterocycles. The molecule has 0 radical (unpaired) electrons. The maximum atomic E-state index is 6.62. The van der Waals surface area contributed by atoms with Crippen LogP contribution in [-0.2, 0) is 5.41 Å². The zero-order valence-electron chi connectivity index (χ0n) is 25.2. The molecule has 0 saturated heterocycles. The van der Waals surface area contributed by atoms with Crippen LogP contribution in [0.1, 0.15) is 27.8 Å². The van der Waals surface area contributed by atoms with Crippen molar-refractivity contribution in [2.24, 2.45) is 11.8 Å². The van der Waals surface area contributed by atoms with Gasteiger partial charge in [-0.2, -0.15) is 0 Å². The summed E-state index contributed by atoms with van der Waals surface area (Å²) in [5.41, 5.74) is 12.3. The van der Waals surface area contributed by atoms with Crippen molar-refractivity contribution in [2.75, 3.05) is 0 Å². The lowest BCUT2D eigenvalue weighted by molar-refractivity contribution is 0.341. The summed E-state index contributed by atoms with van der Waals surface area (Å²) >= 11 is 0. The Balaban J connectivity index is 1.19. The van der Waals surface area contributed by atoms with Crippen LogP contribution >= 0.6 is 0 Å². The Kier molecular flexibility index (Phi) is 5.39. The van der Waals surface area contributed by atoms with Gasteiger partial charge < -0.3 is 4.74 Å². The fourth-order valence-electron chi connectivity index (χ4n) is 8.57. The Labute approximate surface area is 269 Å². The molecule has 1 nitrogen and oxygen atoms in total. The van der Waals surface area contributed by atoms with Crippen LogP contribution in [0.3, 0.4) is 0 Å². The fourth-order valence-corrected chi connectivity index (χ4v) is 8.57. The van der Waals surface area contributed by atoms with E-state index >= 15 is 0 Å². The van der Waals surface area contributed by atoms with Crippen LogP contribution < -0.4 is 4.74 Å². The van der Waals surface area contributed by atoms with Crippen molar-refractivity contribution >= 4 is 16.3 Å². The summed E-state index contributed by atoms with van der Waals surface area (Å²) in [5, 5.41) is 2.57. The van der Waals surface area contributed by atoms with Gasteiger partial charge in [0.1, 0.15) is 11.5 Å². The molecule has 3 atom stereocenters. The predicted molar refractivity (Wildman–Crippen MR) is 189 cm³/mol. The highest BCUT2D eigenvalue weighted by atomic mass is 16.5. The molecule has 1 heterocycles. The maximum Gasteiger partial charge on any atom is 0.135 e. The molecule has 0 spiro atoms. The molecule has 2 unspecified atom stereocenters. The van der Waals surface area contributed by atoms with Gasteiger partial charge in [-0.3, -0.25) is 0 Å². The summed E-state index contributed by atoms with van der Waals surface area (Å²) in [5.74, 6) is 2.59. The minimum Gasteiger partial charge on any atom is -0.460 e. The number of ether oxygens (including phenoxy) is 1. The summed E-state index contributed by atoms with van der Waals surface area (Å²) in [4.78, 5) is 0. The van der Waals surface area contributed by atoms with E-state index in [-0.39, 0.29) is 5.92 Å². The molecule has 0 amide bonds. The van der Waals surface area contributed by atoms with Gasteiger partial charge in [-0.25, -0.2) is 0 Å². The third kappa shape index (κ3) is 3.46. The van der Waals surface area contributed by atoms with E-state index in [4.69, 9.17) is 4.74 Å². The average Bonchev–Trinajstić information content (AvgIpc) is 3.44. The summed E-state index contributed by atoms with van der Waals surface area (Å²) in [6.45, 7) is 0. The Morgan fingerprint density at radius 2 is 1.33 bits per heavy atom. The largest absolute Gasteiger partial charge is 0.460 e. The lowest BCUT2D eigenvalue weighted by atomic mass is 9.67. The van der Waals surface area contributed by atoms with Crippen molar-refractivity contribution in [2.45, 2.75) is 5.41 Å². The molecule has 4 aliphatic rings. The molecule has 0 bridgehead atoms. The maximum absolute atomic E-state index is 6.62. The van der Waals surface area contributed by atoms with Crippen molar-refractivity contribution in [3.05, 3.63) is 203 Å². The monoisotopic (exact) mass is 586 g/mol. The highest BCUT2D eigenvalue weighted by Gasteiger charge is 2.46. The quantitative estimate of drug-likeness (QED) is 0.200. The Bertz CT molecular complexity index is 2350. The molecule has 1 aliphatic heterocycles. The van der Waals surface area contributed by atoms with Gasteiger partial charge in [0.05, 0.1) is 11.3 Å². The van der Waals surface area contributed by atoms with Crippen LogP contribution in [-0.4, -0.2) is 0 Å². The molecule has 0 saturated carbocycles. The molecular weight excluding hydrogens is 556 g/mol. The van der Waals surface area contributed by atoms with Crippen molar-refractivity contribution < 1.29 is 4.74 Å². The number of hydrogen-bond donors (Lipinski definition) is 0. The van der Waals surface area contributed by atoms with Gasteiger partial charge in [0, 0.05) is 11.5 Å². The standard InChI is InChI=1S/C45H30O/c1-2-15-33(16-3-1)45(39-21-7-6-19-38(39)44-35-18-5-4-11-29(35)24-26-40(44)45)34-17-8-14-31(27-34)32-23-25-36-37-20-9-12-30-13-10-22-41(43(30)37)46-42(36)28-32/h1-28,30,43H/t30-,43?,45?/m0/s1. The van der Waals surface area contributed by atoms with Gasteiger partial charge >= 0.3 is 0 Å². The van der Waals surface area contributed by atoms with Gasteiger partial charge in [-0.1, -0.05) is 152 Å². The van der Waals surface area contributed by atoms with Gasteiger partial charge in [0.15, 0.2) is 0 Å². The van der Waals surface area contributed by atoms with E-state index in [1.54, 1.807) is 0 Å². The van der Waals surface area contributed by atoms with E-state index in [9.17, 15) is 0 Å². The van der Waals surface area contributed by atoms with Crippen LogP contribution in [0.5, 0.6) is 5.75 Å². The first kappa shape index (κ1) is 25.6. The second kappa shape index (κ2) is 9.67. The third-order valence-electron chi connectivity index (χ3n) is 10.5. The molecule has 46 heavy (non-hydrogen) atoms. The summed E-state index contributed by atoms with van der Waals surface area (Å²) in [7, 11) is 0. The zero-order valence-corrected chi connectivity index (χ0v) is 25.2. The lowest BCUT2D eigenvalue weighted by Crippen LogP contribution is -2.28. The second-order valence-corrected chi connectivity index (χ2v) is 12.8. The van der Waals surface area contributed by atoms with Crippen molar-refractivity contribution in [1.82, 2.24) is 0 Å². The van der Waals surface area contributed by atoms with E-state index < -0.39 is 5.41 Å². The molecule has 1 heteroatoms. The molecule has 0 fully saturated rings. The summed E-state index contributed by atoms with van der Waals surface area (Å²) in [6.07, 6.45) is 13.3. The van der Waals surface area contributed by atoms with Crippen LogP contribution in [0.25, 0.3) is 38.6 Å². The van der Waals surface area contributed by atoms with Crippen LogP contribution in [0, 0.1) is 11.8 Å². The first-order valence-electron chi connectivity index (χ1n) is 16.2. The smallest absolute Gasteiger partial charge is 0.135 e. The first-order chi connectivity index (χ1) is 22.8. The number of hydrogen-bond acceptors (Lipinski definition) is 1. The second-order valence-electron chi connectivity index (χ2n) is 12.8. The van der Waals surface area contributed by atoms with E-state index in [2.05, 4.69) is 170 Å². The van der Waals surface area contributed by atoms with E-state index in [0.717, 1.165) is 17.1 Å². The number of rotatable bonds is 3. The molecule has 0 N–H and O–H groups in total.